The van der Waals surface area contributed by atoms with E-state index in [-0.39, 0.29) is 16.4 Å². The molecule has 5 heteroatoms. The molecule has 0 aliphatic carbocycles. The van der Waals surface area contributed by atoms with E-state index in [1.165, 1.54) is 0 Å². The van der Waals surface area contributed by atoms with Crippen molar-refractivity contribution in [2.75, 3.05) is 5.73 Å². The lowest BCUT2D eigenvalue weighted by atomic mass is 9.89. The Morgan fingerprint density at radius 1 is 1.28 bits per heavy atom. The summed E-state index contributed by atoms with van der Waals surface area (Å²) in [5, 5.41) is 0. The number of hydrogen-bond donors (Lipinski definition) is 2. The van der Waals surface area contributed by atoms with E-state index in [0.717, 1.165) is 0 Å². The minimum Gasteiger partial charge on any atom is -0.398 e. The van der Waals surface area contributed by atoms with Crippen molar-refractivity contribution in [3.63, 3.8) is 0 Å². The van der Waals surface area contributed by atoms with Gasteiger partial charge in [-0.2, -0.15) is 0 Å². The van der Waals surface area contributed by atoms with Crippen LogP contribution in [0.5, 0.6) is 0 Å². The average molecular weight is 270 g/mol. The van der Waals surface area contributed by atoms with Gasteiger partial charge < -0.3 is 5.73 Å². The second-order valence-corrected chi connectivity index (χ2v) is 7.36. The van der Waals surface area contributed by atoms with Gasteiger partial charge >= 0.3 is 0 Å². The van der Waals surface area contributed by atoms with Crippen LogP contribution in [0.25, 0.3) is 0 Å². The Labute approximate surface area is 110 Å². The van der Waals surface area contributed by atoms with E-state index in [0.29, 0.717) is 11.3 Å². The second kappa shape index (κ2) is 4.90. The molecule has 1 aromatic rings. The predicted molar refractivity (Wildman–Crippen MR) is 74.8 cm³/mol. The molecule has 102 valence electrons. The molecule has 0 radical (unpaired) electrons. The van der Waals surface area contributed by atoms with Crippen LogP contribution in [0.4, 0.5) is 5.69 Å². The molecule has 0 aliphatic heterocycles. The number of nitrogens with two attached hydrogens (primary N) is 1. The fourth-order valence-electron chi connectivity index (χ4n) is 1.40. The SMILES string of the molecule is Cc1c(N)cccc1S(=O)(=O)NC(C)C(C)(C)C. The minimum atomic E-state index is -3.53. The first-order valence-corrected chi connectivity index (χ1v) is 7.41. The zero-order chi connectivity index (χ0) is 14.1. The number of nitrogens with one attached hydrogen (secondary N) is 1. The number of rotatable bonds is 3. The predicted octanol–water partition coefficient (Wildman–Crippen LogP) is 2.29. The monoisotopic (exact) mass is 270 g/mol. The average Bonchev–Trinajstić information content (AvgIpc) is 2.19. The molecule has 0 saturated carbocycles. The van der Waals surface area contributed by atoms with Gasteiger partial charge in [-0.05, 0) is 37.0 Å². The summed E-state index contributed by atoms with van der Waals surface area (Å²) >= 11 is 0. The molecule has 1 atom stereocenters. The van der Waals surface area contributed by atoms with Gasteiger partial charge in [0.1, 0.15) is 0 Å². The van der Waals surface area contributed by atoms with Gasteiger partial charge in [0.2, 0.25) is 10.0 Å². The van der Waals surface area contributed by atoms with Gasteiger partial charge in [-0.15, -0.1) is 0 Å². The fourth-order valence-corrected chi connectivity index (χ4v) is 3.12. The fraction of sp³-hybridized carbons (Fsp3) is 0.538. The lowest BCUT2D eigenvalue weighted by molar-refractivity contribution is 0.317. The Morgan fingerprint density at radius 2 is 1.83 bits per heavy atom. The van der Waals surface area contributed by atoms with Crippen LogP contribution < -0.4 is 10.5 Å². The summed E-state index contributed by atoms with van der Waals surface area (Å²) in [4.78, 5) is 0.249. The Bertz CT molecular complexity index is 530. The molecule has 0 heterocycles. The Balaban J connectivity index is 3.12. The highest BCUT2D eigenvalue weighted by atomic mass is 32.2. The van der Waals surface area contributed by atoms with E-state index in [1.54, 1.807) is 25.1 Å². The molecule has 0 amide bonds. The highest BCUT2D eigenvalue weighted by Crippen LogP contribution is 2.24. The molecular formula is C13H22N2O2S. The van der Waals surface area contributed by atoms with E-state index in [9.17, 15) is 8.42 Å². The van der Waals surface area contributed by atoms with Crippen molar-refractivity contribution in [3.8, 4) is 0 Å². The summed E-state index contributed by atoms with van der Waals surface area (Å²) in [7, 11) is -3.53. The number of sulfonamides is 1. The van der Waals surface area contributed by atoms with Gasteiger partial charge in [0.25, 0.3) is 0 Å². The van der Waals surface area contributed by atoms with Crippen molar-refractivity contribution in [2.24, 2.45) is 5.41 Å². The highest BCUT2D eigenvalue weighted by molar-refractivity contribution is 7.89. The van der Waals surface area contributed by atoms with Crippen LogP contribution >= 0.6 is 0 Å². The van der Waals surface area contributed by atoms with Gasteiger partial charge in [-0.3, -0.25) is 0 Å². The first-order valence-electron chi connectivity index (χ1n) is 5.93. The molecular weight excluding hydrogens is 248 g/mol. The third-order valence-electron chi connectivity index (χ3n) is 3.25. The molecule has 0 fully saturated rings. The summed E-state index contributed by atoms with van der Waals surface area (Å²) in [6.45, 7) is 9.55. The summed E-state index contributed by atoms with van der Waals surface area (Å²) in [5.41, 5.74) is 6.68. The Hall–Kier alpha value is -1.07. The molecule has 1 unspecified atom stereocenters. The summed E-state index contributed by atoms with van der Waals surface area (Å²) < 4.78 is 27.3. The van der Waals surface area contributed by atoms with Crippen molar-refractivity contribution < 1.29 is 8.42 Å². The molecule has 3 N–H and O–H groups in total. The largest absolute Gasteiger partial charge is 0.398 e. The Morgan fingerprint density at radius 3 is 2.33 bits per heavy atom. The standard InChI is InChI=1S/C13H22N2O2S/c1-9-11(14)7-6-8-12(9)18(16,17)15-10(2)13(3,4)5/h6-8,10,15H,14H2,1-5H3. The quantitative estimate of drug-likeness (QED) is 0.828. The van der Waals surface area contributed by atoms with Crippen LogP contribution in [0.1, 0.15) is 33.3 Å². The zero-order valence-electron chi connectivity index (χ0n) is 11.6. The smallest absolute Gasteiger partial charge is 0.241 e. The van der Waals surface area contributed by atoms with Crippen molar-refractivity contribution in [1.29, 1.82) is 0 Å². The lowest BCUT2D eigenvalue weighted by Gasteiger charge is -2.28. The van der Waals surface area contributed by atoms with E-state index >= 15 is 0 Å². The van der Waals surface area contributed by atoms with E-state index in [2.05, 4.69) is 4.72 Å². The second-order valence-electron chi connectivity index (χ2n) is 5.68. The van der Waals surface area contributed by atoms with Gasteiger partial charge in [0.15, 0.2) is 0 Å². The first-order chi connectivity index (χ1) is 8.05. The summed E-state index contributed by atoms with van der Waals surface area (Å²) in [6, 6.07) is 4.76. The lowest BCUT2D eigenvalue weighted by Crippen LogP contribution is -2.41. The molecule has 0 bridgehead atoms. The van der Waals surface area contributed by atoms with E-state index in [4.69, 9.17) is 5.73 Å². The maximum Gasteiger partial charge on any atom is 0.241 e. The molecule has 4 nitrogen and oxygen atoms in total. The third kappa shape index (κ3) is 3.23. The highest BCUT2D eigenvalue weighted by Gasteiger charge is 2.27. The molecule has 0 aromatic heterocycles. The van der Waals surface area contributed by atoms with Crippen LogP contribution in [0.3, 0.4) is 0 Å². The van der Waals surface area contributed by atoms with Crippen molar-refractivity contribution in [1.82, 2.24) is 4.72 Å². The van der Waals surface area contributed by atoms with Crippen LogP contribution in [-0.2, 0) is 10.0 Å². The number of benzene rings is 1. The molecule has 1 aromatic carbocycles. The number of nitrogen functional groups attached to an aromatic ring is 1. The molecule has 18 heavy (non-hydrogen) atoms. The zero-order valence-corrected chi connectivity index (χ0v) is 12.4. The first kappa shape index (κ1) is 15.0. The van der Waals surface area contributed by atoms with Crippen molar-refractivity contribution in [2.45, 2.75) is 45.6 Å². The maximum absolute atomic E-state index is 12.3. The van der Waals surface area contributed by atoms with Gasteiger partial charge in [0.05, 0.1) is 4.90 Å². The molecule has 0 aliphatic rings. The third-order valence-corrected chi connectivity index (χ3v) is 4.93. The molecule has 0 saturated heterocycles. The Kier molecular flexibility index (Phi) is 4.08. The van der Waals surface area contributed by atoms with Crippen molar-refractivity contribution in [3.05, 3.63) is 23.8 Å². The minimum absolute atomic E-state index is 0.138. The number of anilines is 1. The molecule has 0 spiro atoms. The summed E-state index contributed by atoms with van der Waals surface area (Å²) in [6.07, 6.45) is 0. The van der Waals surface area contributed by atoms with Gasteiger partial charge in [-0.25, -0.2) is 13.1 Å². The van der Waals surface area contributed by atoms with Crippen LogP contribution in [0, 0.1) is 12.3 Å². The summed E-state index contributed by atoms with van der Waals surface area (Å²) in [5.74, 6) is 0. The van der Waals surface area contributed by atoms with Crippen LogP contribution in [0.2, 0.25) is 0 Å². The number of hydrogen-bond acceptors (Lipinski definition) is 3. The van der Waals surface area contributed by atoms with Crippen LogP contribution in [-0.4, -0.2) is 14.5 Å². The normalized spacial score (nSPS) is 14.5. The van der Waals surface area contributed by atoms with E-state index in [1.807, 2.05) is 27.7 Å². The van der Waals surface area contributed by atoms with E-state index < -0.39 is 10.0 Å². The van der Waals surface area contributed by atoms with Crippen LogP contribution in [0.15, 0.2) is 23.1 Å². The van der Waals surface area contributed by atoms with Gasteiger partial charge in [0, 0.05) is 11.7 Å². The maximum atomic E-state index is 12.3. The van der Waals surface area contributed by atoms with Gasteiger partial charge in [-0.1, -0.05) is 26.8 Å². The van der Waals surface area contributed by atoms with Crippen molar-refractivity contribution >= 4 is 15.7 Å². The topological polar surface area (TPSA) is 72.2 Å². The molecule has 1 rings (SSSR count).